The van der Waals surface area contributed by atoms with Gasteiger partial charge in [0.25, 0.3) is 15.9 Å². The van der Waals surface area contributed by atoms with E-state index in [4.69, 9.17) is 9.47 Å². The molecule has 0 heterocycles. The van der Waals surface area contributed by atoms with Crippen LogP contribution in [0.3, 0.4) is 0 Å². The van der Waals surface area contributed by atoms with Crippen molar-refractivity contribution in [3.63, 3.8) is 0 Å². The van der Waals surface area contributed by atoms with Crippen LogP contribution in [-0.4, -0.2) is 34.6 Å². The van der Waals surface area contributed by atoms with E-state index >= 15 is 0 Å². The van der Waals surface area contributed by atoms with Crippen molar-refractivity contribution in [2.45, 2.75) is 18.7 Å². The maximum atomic E-state index is 12.8. The van der Waals surface area contributed by atoms with Crippen molar-refractivity contribution in [3.05, 3.63) is 83.4 Å². The van der Waals surface area contributed by atoms with Crippen molar-refractivity contribution >= 4 is 27.3 Å². The second kappa shape index (κ2) is 10.3. The molecular formula is C24H26N2O5S. The zero-order valence-corrected chi connectivity index (χ0v) is 19.0. The number of benzene rings is 3. The van der Waals surface area contributed by atoms with Gasteiger partial charge < -0.3 is 14.8 Å². The summed E-state index contributed by atoms with van der Waals surface area (Å²) < 4.78 is 38.6. The molecule has 0 aliphatic rings. The van der Waals surface area contributed by atoms with E-state index in [1.807, 2.05) is 32.0 Å². The standard InChI is InChI=1S/C24H26N2O5S/c1-17-5-4-6-18(2)23(17)26-32(28,29)22-13-9-20(10-14-22)25-24(27)19-7-11-21(12-8-19)31-16-15-30-3/h4-14,26H,15-16H2,1-3H3,(H,25,27). The summed E-state index contributed by atoms with van der Waals surface area (Å²) in [5.74, 6) is 0.335. The molecule has 0 saturated carbocycles. The number of rotatable bonds is 9. The van der Waals surface area contributed by atoms with Gasteiger partial charge in [-0.25, -0.2) is 8.42 Å². The predicted octanol–water partition coefficient (Wildman–Crippen LogP) is 4.38. The molecule has 0 spiro atoms. The fourth-order valence-corrected chi connectivity index (χ4v) is 4.24. The number of carbonyl (C=O) groups excluding carboxylic acids is 1. The number of aryl methyl sites for hydroxylation is 2. The number of methoxy groups -OCH3 is 1. The summed E-state index contributed by atoms with van der Waals surface area (Å²) in [7, 11) is -2.16. The molecule has 3 aromatic rings. The lowest BCUT2D eigenvalue weighted by Gasteiger charge is -2.13. The van der Waals surface area contributed by atoms with E-state index in [-0.39, 0.29) is 10.8 Å². The van der Waals surface area contributed by atoms with Gasteiger partial charge in [0.05, 0.1) is 17.2 Å². The highest BCUT2D eigenvalue weighted by Gasteiger charge is 2.17. The Balaban J connectivity index is 1.65. The minimum absolute atomic E-state index is 0.107. The van der Waals surface area contributed by atoms with E-state index in [1.165, 1.54) is 12.1 Å². The van der Waals surface area contributed by atoms with Crippen molar-refractivity contribution in [3.8, 4) is 5.75 Å². The maximum Gasteiger partial charge on any atom is 0.261 e. The molecule has 0 aliphatic heterocycles. The molecule has 168 valence electrons. The molecule has 3 rings (SSSR count). The maximum absolute atomic E-state index is 12.8. The van der Waals surface area contributed by atoms with Crippen molar-refractivity contribution in [1.29, 1.82) is 0 Å². The predicted molar refractivity (Wildman–Crippen MR) is 125 cm³/mol. The number of hydrogen-bond donors (Lipinski definition) is 2. The van der Waals surface area contributed by atoms with Gasteiger partial charge in [0.1, 0.15) is 12.4 Å². The van der Waals surface area contributed by atoms with Gasteiger partial charge in [-0.2, -0.15) is 0 Å². The lowest BCUT2D eigenvalue weighted by atomic mass is 10.1. The number of para-hydroxylation sites is 1. The Morgan fingerprint density at radius 1 is 0.875 bits per heavy atom. The second-order valence-corrected chi connectivity index (χ2v) is 8.90. The molecule has 0 atom stereocenters. The summed E-state index contributed by atoms with van der Waals surface area (Å²) in [6.07, 6.45) is 0. The Kier molecular flexibility index (Phi) is 7.50. The van der Waals surface area contributed by atoms with Crippen LogP contribution in [0, 0.1) is 13.8 Å². The molecule has 7 nitrogen and oxygen atoms in total. The van der Waals surface area contributed by atoms with Gasteiger partial charge in [-0.3, -0.25) is 9.52 Å². The first-order valence-corrected chi connectivity index (χ1v) is 11.5. The quantitative estimate of drug-likeness (QED) is 0.468. The first-order valence-electron chi connectivity index (χ1n) is 10.0. The van der Waals surface area contributed by atoms with Crippen molar-refractivity contribution in [2.24, 2.45) is 0 Å². The largest absolute Gasteiger partial charge is 0.491 e. The van der Waals surface area contributed by atoms with E-state index in [9.17, 15) is 13.2 Å². The zero-order chi connectivity index (χ0) is 23.1. The first-order chi connectivity index (χ1) is 15.3. The zero-order valence-electron chi connectivity index (χ0n) is 18.2. The van der Waals surface area contributed by atoms with Gasteiger partial charge in [0, 0.05) is 18.4 Å². The molecule has 1 amide bonds. The van der Waals surface area contributed by atoms with Crippen molar-refractivity contribution in [1.82, 2.24) is 0 Å². The summed E-state index contributed by atoms with van der Waals surface area (Å²) in [6.45, 7) is 4.60. The fraction of sp³-hybridized carbons (Fsp3) is 0.208. The number of amides is 1. The minimum atomic E-state index is -3.76. The van der Waals surface area contributed by atoms with Crippen LogP contribution in [0.25, 0.3) is 0 Å². The molecule has 8 heteroatoms. The molecule has 32 heavy (non-hydrogen) atoms. The van der Waals surface area contributed by atoms with Crippen molar-refractivity contribution < 1.29 is 22.7 Å². The molecule has 3 aromatic carbocycles. The molecule has 0 unspecified atom stereocenters. The molecule has 0 saturated heterocycles. The highest BCUT2D eigenvalue weighted by Crippen LogP contribution is 2.24. The van der Waals surface area contributed by atoms with Crippen LogP contribution in [0.5, 0.6) is 5.75 Å². The van der Waals surface area contributed by atoms with Gasteiger partial charge in [-0.1, -0.05) is 18.2 Å². The smallest absolute Gasteiger partial charge is 0.261 e. The third-order valence-electron chi connectivity index (χ3n) is 4.81. The Morgan fingerprint density at radius 2 is 1.50 bits per heavy atom. The highest BCUT2D eigenvalue weighted by atomic mass is 32.2. The number of ether oxygens (including phenoxy) is 2. The molecule has 0 fully saturated rings. The van der Waals surface area contributed by atoms with Crippen molar-refractivity contribution in [2.75, 3.05) is 30.4 Å². The lowest BCUT2D eigenvalue weighted by Crippen LogP contribution is -2.15. The molecule has 2 N–H and O–H groups in total. The SMILES string of the molecule is COCCOc1ccc(C(=O)Nc2ccc(S(=O)(=O)Nc3c(C)cccc3C)cc2)cc1. The van der Waals surface area contributed by atoms with Crippen LogP contribution in [0.4, 0.5) is 11.4 Å². The van der Waals surface area contributed by atoms with Crippen LogP contribution in [0.1, 0.15) is 21.5 Å². The molecule has 0 radical (unpaired) electrons. The Hall–Kier alpha value is -3.36. The average molecular weight is 455 g/mol. The molecule has 0 aromatic heterocycles. The summed E-state index contributed by atoms with van der Waals surface area (Å²) in [6, 6.07) is 18.3. The minimum Gasteiger partial charge on any atom is -0.491 e. The third-order valence-corrected chi connectivity index (χ3v) is 6.18. The number of hydrogen-bond acceptors (Lipinski definition) is 5. The van der Waals surface area contributed by atoms with Gasteiger partial charge in [0.15, 0.2) is 0 Å². The highest BCUT2D eigenvalue weighted by molar-refractivity contribution is 7.92. The fourth-order valence-electron chi connectivity index (χ4n) is 3.03. The number of nitrogens with one attached hydrogen (secondary N) is 2. The van der Waals surface area contributed by atoms with E-state index in [0.717, 1.165) is 11.1 Å². The van der Waals surface area contributed by atoms with Gasteiger partial charge >= 0.3 is 0 Å². The summed E-state index contributed by atoms with van der Waals surface area (Å²) >= 11 is 0. The first kappa shape index (κ1) is 23.3. The van der Waals surface area contributed by atoms with E-state index < -0.39 is 10.0 Å². The van der Waals surface area contributed by atoms with Crippen LogP contribution < -0.4 is 14.8 Å². The molecule has 0 aliphatic carbocycles. The summed E-state index contributed by atoms with van der Waals surface area (Å²) in [5.41, 5.74) is 3.19. The Bertz CT molecular complexity index is 1150. The van der Waals surface area contributed by atoms with Gasteiger partial charge in [-0.05, 0) is 73.5 Å². The van der Waals surface area contributed by atoms with Crippen LogP contribution in [0.15, 0.2) is 71.6 Å². The van der Waals surface area contributed by atoms with E-state index in [2.05, 4.69) is 10.0 Å². The topological polar surface area (TPSA) is 93.7 Å². The van der Waals surface area contributed by atoms with E-state index in [0.29, 0.717) is 35.9 Å². The molecular weight excluding hydrogens is 428 g/mol. The normalized spacial score (nSPS) is 11.1. The van der Waals surface area contributed by atoms with E-state index in [1.54, 1.807) is 43.5 Å². The van der Waals surface area contributed by atoms with Gasteiger partial charge in [-0.15, -0.1) is 0 Å². The van der Waals surface area contributed by atoms with Crippen LogP contribution in [0.2, 0.25) is 0 Å². The lowest BCUT2D eigenvalue weighted by molar-refractivity contribution is 0.102. The average Bonchev–Trinajstić information content (AvgIpc) is 2.77. The van der Waals surface area contributed by atoms with Crippen LogP contribution in [-0.2, 0) is 14.8 Å². The number of anilines is 2. The summed E-state index contributed by atoms with van der Waals surface area (Å²) in [5, 5.41) is 2.76. The monoisotopic (exact) mass is 454 g/mol. The Labute approximate surface area is 188 Å². The summed E-state index contributed by atoms with van der Waals surface area (Å²) in [4.78, 5) is 12.6. The third kappa shape index (κ3) is 5.87. The van der Waals surface area contributed by atoms with Crippen LogP contribution >= 0.6 is 0 Å². The number of sulfonamides is 1. The van der Waals surface area contributed by atoms with Gasteiger partial charge in [0.2, 0.25) is 0 Å². The Morgan fingerprint density at radius 3 is 2.09 bits per heavy atom. The second-order valence-electron chi connectivity index (χ2n) is 7.22. The number of carbonyl (C=O) groups is 1. The molecule has 0 bridgehead atoms.